The molecule has 0 fully saturated rings. The highest BCUT2D eigenvalue weighted by molar-refractivity contribution is 7.92. The summed E-state index contributed by atoms with van der Waals surface area (Å²) >= 11 is 5.73. The van der Waals surface area contributed by atoms with Crippen molar-refractivity contribution >= 4 is 27.3 Å². The topological polar surface area (TPSA) is 64.6 Å². The van der Waals surface area contributed by atoms with Crippen LogP contribution in [0.4, 0.5) is 10.1 Å². The van der Waals surface area contributed by atoms with E-state index in [-0.39, 0.29) is 17.2 Å². The van der Waals surface area contributed by atoms with Gasteiger partial charge in [0, 0.05) is 22.8 Å². The zero-order valence-corrected chi connectivity index (χ0v) is 13.3. The van der Waals surface area contributed by atoms with Crippen LogP contribution in [0.15, 0.2) is 41.3 Å². The molecule has 0 heterocycles. The summed E-state index contributed by atoms with van der Waals surface area (Å²) in [6.45, 7) is 0. The fraction of sp³-hybridized carbons (Fsp3) is 0.143. The van der Waals surface area contributed by atoms with Gasteiger partial charge in [0.15, 0.2) is 11.5 Å². The molecule has 0 radical (unpaired) electrons. The number of ether oxygens (including phenoxy) is 2. The summed E-state index contributed by atoms with van der Waals surface area (Å²) in [4.78, 5) is -0.542. The Hall–Kier alpha value is -1.99. The van der Waals surface area contributed by atoms with E-state index in [0.717, 1.165) is 12.1 Å². The van der Waals surface area contributed by atoms with E-state index in [0.29, 0.717) is 5.02 Å². The molecule has 0 bridgehead atoms. The van der Waals surface area contributed by atoms with Gasteiger partial charge in [-0.15, -0.1) is 0 Å². The van der Waals surface area contributed by atoms with Gasteiger partial charge in [-0.3, -0.25) is 4.72 Å². The molecule has 0 aromatic heterocycles. The number of methoxy groups -OCH3 is 2. The van der Waals surface area contributed by atoms with Gasteiger partial charge < -0.3 is 9.47 Å². The molecule has 2 rings (SSSR count). The Morgan fingerprint density at radius 3 is 2.14 bits per heavy atom. The summed E-state index contributed by atoms with van der Waals surface area (Å²) in [5.74, 6) is -0.732. The first kappa shape index (κ1) is 16.4. The van der Waals surface area contributed by atoms with Gasteiger partial charge in [-0.2, -0.15) is 0 Å². The predicted molar refractivity (Wildman–Crippen MR) is 81.8 cm³/mol. The van der Waals surface area contributed by atoms with Crippen LogP contribution in [-0.4, -0.2) is 22.6 Å². The van der Waals surface area contributed by atoms with Crippen molar-refractivity contribution in [3.63, 3.8) is 0 Å². The molecule has 0 aliphatic heterocycles. The molecule has 0 spiro atoms. The van der Waals surface area contributed by atoms with Crippen molar-refractivity contribution in [3.05, 3.63) is 47.2 Å². The molecule has 2 aromatic carbocycles. The molecule has 0 aliphatic rings. The molecule has 8 heteroatoms. The Morgan fingerprint density at radius 2 is 1.59 bits per heavy atom. The average Bonchev–Trinajstić information content (AvgIpc) is 2.48. The molecular formula is C14H13ClFNO4S. The molecule has 0 unspecified atom stereocenters. The third-order valence-corrected chi connectivity index (χ3v) is 4.47. The fourth-order valence-corrected chi connectivity index (χ4v) is 3.03. The first-order chi connectivity index (χ1) is 10.4. The van der Waals surface area contributed by atoms with Crippen LogP contribution in [0, 0.1) is 5.82 Å². The first-order valence-corrected chi connectivity index (χ1v) is 7.93. The predicted octanol–water partition coefficient (Wildman–Crippen LogP) is 3.30. The fourth-order valence-electron chi connectivity index (χ4n) is 1.77. The van der Waals surface area contributed by atoms with Crippen LogP contribution in [0.1, 0.15) is 0 Å². The van der Waals surface area contributed by atoms with E-state index in [1.807, 2.05) is 0 Å². The number of rotatable bonds is 5. The van der Waals surface area contributed by atoms with Crippen molar-refractivity contribution in [2.45, 2.75) is 4.90 Å². The van der Waals surface area contributed by atoms with E-state index in [2.05, 4.69) is 4.72 Å². The van der Waals surface area contributed by atoms with Crippen molar-refractivity contribution in [3.8, 4) is 11.5 Å². The maximum Gasteiger partial charge on any atom is 0.264 e. The van der Waals surface area contributed by atoms with Gasteiger partial charge in [0.2, 0.25) is 0 Å². The normalized spacial score (nSPS) is 11.1. The molecule has 1 N–H and O–H groups in total. The minimum absolute atomic E-state index is 0.102. The highest BCUT2D eigenvalue weighted by Crippen LogP contribution is 2.32. The molecule has 118 valence electrons. The van der Waals surface area contributed by atoms with Crippen molar-refractivity contribution in [1.29, 1.82) is 0 Å². The Labute approximate surface area is 132 Å². The Morgan fingerprint density at radius 1 is 1.05 bits per heavy atom. The third kappa shape index (κ3) is 3.42. The van der Waals surface area contributed by atoms with E-state index in [1.54, 1.807) is 0 Å². The van der Waals surface area contributed by atoms with Gasteiger partial charge >= 0.3 is 0 Å². The number of sulfonamides is 1. The standard InChI is InChI=1S/C14H13ClFNO4S/c1-20-12-7-11(16)14(8-13(12)21-2)22(18,19)17-10-5-3-9(15)4-6-10/h3-8,17H,1-2H3. The second-order valence-corrected chi connectivity index (χ2v) is 6.34. The Bertz CT molecular complexity index is 778. The van der Waals surface area contributed by atoms with E-state index < -0.39 is 20.7 Å². The quantitative estimate of drug-likeness (QED) is 0.903. The van der Waals surface area contributed by atoms with Crippen molar-refractivity contribution in [2.24, 2.45) is 0 Å². The average molecular weight is 346 g/mol. The lowest BCUT2D eigenvalue weighted by molar-refractivity contribution is 0.350. The highest BCUT2D eigenvalue weighted by atomic mass is 35.5. The maximum absolute atomic E-state index is 14.0. The Kier molecular flexibility index (Phi) is 4.77. The number of nitrogens with one attached hydrogen (secondary N) is 1. The zero-order chi connectivity index (χ0) is 16.3. The van der Waals surface area contributed by atoms with Gasteiger partial charge in [0.25, 0.3) is 10.0 Å². The third-order valence-electron chi connectivity index (χ3n) is 2.82. The SMILES string of the molecule is COc1cc(F)c(S(=O)(=O)Nc2ccc(Cl)cc2)cc1OC. The van der Waals surface area contributed by atoms with Gasteiger partial charge in [0.05, 0.1) is 14.2 Å². The number of hydrogen-bond acceptors (Lipinski definition) is 4. The van der Waals surface area contributed by atoms with Crippen molar-refractivity contribution in [2.75, 3.05) is 18.9 Å². The lowest BCUT2D eigenvalue weighted by Gasteiger charge is -2.12. The van der Waals surface area contributed by atoms with Crippen molar-refractivity contribution in [1.82, 2.24) is 0 Å². The summed E-state index contributed by atoms with van der Waals surface area (Å²) in [5, 5.41) is 0.459. The molecule has 22 heavy (non-hydrogen) atoms. The van der Waals surface area contributed by atoms with Crippen LogP contribution in [0.3, 0.4) is 0 Å². The maximum atomic E-state index is 14.0. The minimum Gasteiger partial charge on any atom is -0.493 e. The molecule has 0 saturated heterocycles. The molecule has 0 amide bonds. The number of benzene rings is 2. The summed E-state index contributed by atoms with van der Waals surface area (Å²) in [5.41, 5.74) is 0.263. The second-order valence-electron chi connectivity index (χ2n) is 4.25. The number of halogens is 2. The molecule has 0 atom stereocenters. The largest absolute Gasteiger partial charge is 0.493 e. The van der Waals surface area contributed by atoms with Crippen molar-refractivity contribution < 1.29 is 22.3 Å². The van der Waals surface area contributed by atoms with Gasteiger partial charge in [-0.25, -0.2) is 12.8 Å². The summed E-state index contributed by atoms with van der Waals surface area (Å²) in [7, 11) is -1.46. The minimum atomic E-state index is -4.12. The number of hydrogen-bond donors (Lipinski definition) is 1. The molecule has 2 aromatic rings. The lowest BCUT2D eigenvalue weighted by Crippen LogP contribution is -2.15. The van der Waals surface area contributed by atoms with Gasteiger partial charge in [0.1, 0.15) is 10.7 Å². The molecule has 0 saturated carbocycles. The van der Waals surface area contributed by atoms with Crippen LogP contribution in [-0.2, 0) is 10.0 Å². The van der Waals surface area contributed by atoms with Crippen LogP contribution >= 0.6 is 11.6 Å². The molecular weight excluding hydrogens is 333 g/mol. The summed E-state index contributed by atoms with van der Waals surface area (Å²) in [6, 6.07) is 7.99. The molecule has 5 nitrogen and oxygen atoms in total. The first-order valence-electron chi connectivity index (χ1n) is 6.07. The highest BCUT2D eigenvalue weighted by Gasteiger charge is 2.22. The van der Waals surface area contributed by atoms with Crippen LogP contribution in [0.5, 0.6) is 11.5 Å². The van der Waals surface area contributed by atoms with E-state index >= 15 is 0 Å². The summed E-state index contributed by atoms with van der Waals surface area (Å²) < 4.78 is 50.8. The summed E-state index contributed by atoms with van der Waals surface area (Å²) in [6.07, 6.45) is 0. The zero-order valence-electron chi connectivity index (χ0n) is 11.8. The monoisotopic (exact) mass is 345 g/mol. The van der Waals surface area contributed by atoms with Crippen LogP contribution in [0.25, 0.3) is 0 Å². The lowest BCUT2D eigenvalue weighted by atomic mass is 10.3. The van der Waals surface area contributed by atoms with E-state index in [4.69, 9.17) is 21.1 Å². The van der Waals surface area contributed by atoms with Gasteiger partial charge in [-0.05, 0) is 24.3 Å². The second kappa shape index (κ2) is 6.41. The van der Waals surface area contributed by atoms with E-state index in [9.17, 15) is 12.8 Å². The van der Waals surface area contributed by atoms with Crippen LogP contribution < -0.4 is 14.2 Å². The van der Waals surface area contributed by atoms with Gasteiger partial charge in [-0.1, -0.05) is 11.6 Å². The van der Waals surface area contributed by atoms with Crippen LogP contribution in [0.2, 0.25) is 5.02 Å². The smallest absolute Gasteiger partial charge is 0.264 e. The number of anilines is 1. The van der Waals surface area contributed by atoms with E-state index in [1.165, 1.54) is 38.5 Å². The Balaban J connectivity index is 2.42. The molecule has 0 aliphatic carbocycles.